The second-order valence-corrected chi connectivity index (χ2v) is 1.91. The summed E-state index contributed by atoms with van der Waals surface area (Å²) >= 11 is 0. The molecule has 0 saturated heterocycles. The van der Waals surface area contributed by atoms with Gasteiger partial charge in [0.2, 0.25) is 0 Å². The number of phenolic OH excluding ortho intramolecular Hbond substituents is 1. The fraction of sp³-hybridized carbons (Fsp3) is 0. The monoisotopic (exact) mass is 194 g/mol. The Morgan fingerprint density at radius 1 is 1.25 bits per heavy atom. The van der Waals surface area contributed by atoms with Gasteiger partial charge in [-0.2, -0.15) is 0 Å². The summed E-state index contributed by atoms with van der Waals surface area (Å²) < 4.78 is 4.41. The number of phenols is 1. The number of para-hydroxylation sites is 2. The molecule has 0 aliphatic rings. The molecule has 1 rings (SSSR count). The summed E-state index contributed by atoms with van der Waals surface area (Å²) in [5.41, 5.74) is 0. The van der Waals surface area contributed by atoms with E-state index >= 15 is 0 Å². The summed E-state index contributed by atoms with van der Waals surface area (Å²) in [6, 6.07) is 6.02. The van der Waals surface area contributed by atoms with Gasteiger partial charge in [-0.25, -0.2) is 0 Å². The Morgan fingerprint density at radius 2 is 1.83 bits per heavy atom. The molecule has 0 spiro atoms. The van der Waals surface area contributed by atoms with E-state index in [1.54, 1.807) is 12.1 Å². The van der Waals surface area contributed by atoms with Gasteiger partial charge in [0.1, 0.15) is 5.75 Å². The van der Waals surface area contributed by atoms with Crippen LogP contribution in [-0.2, 0) is 0 Å². The van der Waals surface area contributed by atoms with Gasteiger partial charge in [0.05, 0.1) is 0 Å². The van der Waals surface area contributed by atoms with Crippen LogP contribution in [0, 0.1) is 0 Å². The van der Waals surface area contributed by atoms with Gasteiger partial charge in [0.15, 0.2) is 5.75 Å². The molecule has 0 radical (unpaired) electrons. The SMILES string of the molecule is OB(O)Oc1ccccc1O.[H-].[K+]. The molecule has 1 aromatic rings. The quantitative estimate of drug-likeness (QED) is 0.435. The van der Waals surface area contributed by atoms with E-state index < -0.39 is 7.32 Å². The van der Waals surface area contributed by atoms with Crippen molar-refractivity contribution in [2.24, 2.45) is 0 Å². The molecule has 0 bridgehead atoms. The number of aromatic hydroxyl groups is 1. The predicted molar refractivity (Wildman–Crippen MR) is 40.0 cm³/mol. The molecule has 6 heteroatoms. The van der Waals surface area contributed by atoms with Crippen molar-refractivity contribution in [2.45, 2.75) is 0 Å². The number of hydrogen-bond donors (Lipinski definition) is 3. The van der Waals surface area contributed by atoms with Gasteiger partial charge in [0, 0.05) is 0 Å². The fourth-order valence-electron chi connectivity index (χ4n) is 0.670. The second kappa shape index (κ2) is 5.98. The van der Waals surface area contributed by atoms with Crippen molar-refractivity contribution in [2.75, 3.05) is 0 Å². The van der Waals surface area contributed by atoms with Gasteiger partial charge in [-0.1, -0.05) is 12.1 Å². The molecule has 0 fully saturated rings. The zero-order valence-electron chi connectivity index (χ0n) is 7.64. The number of rotatable bonds is 2. The van der Waals surface area contributed by atoms with Gasteiger partial charge < -0.3 is 21.2 Å². The molecule has 0 aliphatic heterocycles. The molecule has 1 aromatic carbocycles. The molecule has 12 heavy (non-hydrogen) atoms. The Morgan fingerprint density at radius 3 is 2.33 bits per heavy atom. The van der Waals surface area contributed by atoms with E-state index in [2.05, 4.69) is 4.65 Å². The van der Waals surface area contributed by atoms with E-state index in [1.165, 1.54) is 12.1 Å². The largest absolute Gasteiger partial charge is 1.00 e. The van der Waals surface area contributed by atoms with Crippen molar-refractivity contribution in [1.29, 1.82) is 0 Å². The zero-order chi connectivity index (χ0) is 8.27. The smallest absolute Gasteiger partial charge is 1.00 e. The van der Waals surface area contributed by atoms with Gasteiger partial charge in [-0.05, 0) is 12.1 Å². The average molecular weight is 194 g/mol. The molecule has 60 valence electrons. The van der Waals surface area contributed by atoms with Crippen molar-refractivity contribution in [3.8, 4) is 11.5 Å². The molecule has 0 amide bonds. The third-order valence-corrected chi connectivity index (χ3v) is 1.10. The van der Waals surface area contributed by atoms with Gasteiger partial charge >= 0.3 is 58.7 Å². The minimum absolute atomic E-state index is 0. The normalized spacial score (nSPS) is 8.50. The molecule has 0 saturated carbocycles. The number of benzene rings is 1. The Hall–Kier alpha value is 0.441. The molecule has 0 atom stereocenters. The maximum atomic E-state index is 9.01. The Kier molecular flexibility index (Phi) is 6.20. The van der Waals surface area contributed by atoms with Crippen molar-refractivity contribution in [3.05, 3.63) is 24.3 Å². The van der Waals surface area contributed by atoms with Gasteiger partial charge in [-0.3, -0.25) is 0 Å². The summed E-state index contributed by atoms with van der Waals surface area (Å²) in [5, 5.41) is 25.7. The maximum absolute atomic E-state index is 9.01. The van der Waals surface area contributed by atoms with Crippen LogP contribution in [0.2, 0.25) is 0 Å². The zero-order valence-corrected chi connectivity index (χ0v) is 9.76. The van der Waals surface area contributed by atoms with Crippen molar-refractivity contribution < 1.29 is 72.6 Å². The first kappa shape index (κ1) is 12.4. The fourth-order valence-corrected chi connectivity index (χ4v) is 0.670. The van der Waals surface area contributed by atoms with Crippen LogP contribution >= 0.6 is 0 Å². The molecule has 0 aromatic heterocycles. The second-order valence-electron chi connectivity index (χ2n) is 1.91. The Labute approximate surface area is 114 Å². The summed E-state index contributed by atoms with van der Waals surface area (Å²) in [7, 11) is -1.90. The molecule has 3 N–H and O–H groups in total. The first-order valence-electron chi connectivity index (χ1n) is 3.01. The van der Waals surface area contributed by atoms with Crippen LogP contribution in [0.1, 0.15) is 1.43 Å². The molecule has 4 nitrogen and oxygen atoms in total. The van der Waals surface area contributed by atoms with E-state index in [0.29, 0.717) is 0 Å². The minimum atomic E-state index is -1.90. The van der Waals surface area contributed by atoms with Crippen molar-refractivity contribution in [1.82, 2.24) is 0 Å². The topological polar surface area (TPSA) is 69.9 Å². The minimum Gasteiger partial charge on any atom is -1.00 e. The molecular weight excluding hydrogens is 186 g/mol. The van der Waals surface area contributed by atoms with Crippen molar-refractivity contribution >= 4 is 7.32 Å². The first-order valence-corrected chi connectivity index (χ1v) is 3.01. The maximum Gasteiger partial charge on any atom is 1.00 e. The predicted octanol–water partition coefficient (Wildman–Crippen LogP) is -3.14. The molecule has 0 aliphatic carbocycles. The Balaban J connectivity index is 0. The van der Waals surface area contributed by atoms with Gasteiger partial charge in [-0.15, -0.1) is 0 Å². The Bertz CT molecular complexity index is 248. The van der Waals surface area contributed by atoms with Crippen molar-refractivity contribution in [3.63, 3.8) is 0 Å². The third-order valence-electron chi connectivity index (χ3n) is 1.10. The first-order chi connectivity index (χ1) is 5.20. The molecular formula is C6H8BKO4. The van der Waals surface area contributed by atoms with Crippen LogP contribution in [0.25, 0.3) is 0 Å². The molecule has 0 unspecified atom stereocenters. The summed E-state index contributed by atoms with van der Waals surface area (Å²) in [6.45, 7) is 0. The van der Waals surface area contributed by atoms with Gasteiger partial charge in [0.25, 0.3) is 0 Å². The van der Waals surface area contributed by atoms with Crippen LogP contribution in [0.15, 0.2) is 24.3 Å². The van der Waals surface area contributed by atoms with E-state index in [0.717, 1.165) is 0 Å². The van der Waals surface area contributed by atoms with Crippen LogP contribution in [-0.4, -0.2) is 22.5 Å². The molecule has 0 heterocycles. The van der Waals surface area contributed by atoms with Crippen LogP contribution in [0.4, 0.5) is 0 Å². The van der Waals surface area contributed by atoms with E-state index in [9.17, 15) is 0 Å². The summed E-state index contributed by atoms with van der Waals surface area (Å²) in [5.74, 6) is -0.0805. The van der Waals surface area contributed by atoms with E-state index in [4.69, 9.17) is 15.2 Å². The average Bonchev–Trinajstić information content (AvgIpc) is 1.93. The summed E-state index contributed by atoms with van der Waals surface area (Å²) in [4.78, 5) is 0. The van der Waals surface area contributed by atoms with E-state index in [-0.39, 0.29) is 64.3 Å². The van der Waals surface area contributed by atoms with Crippen LogP contribution in [0.3, 0.4) is 0 Å². The standard InChI is InChI=1S/C6H7BO4.K.H/c8-5-3-1-2-4-6(5)11-7(9)10;;/h1-4,8-10H;;/q;+1;-1. The third kappa shape index (κ3) is 3.90. The summed E-state index contributed by atoms with van der Waals surface area (Å²) in [6.07, 6.45) is 0. The van der Waals surface area contributed by atoms with E-state index in [1.807, 2.05) is 0 Å². The number of hydrogen-bond acceptors (Lipinski definition) is 4. The van der Waals surface area contributed by atoms with Crippen LogP contribution < -0.4 is 56.0 Å². The van der Waals surface area contributed by atoms with Crippen LogP contribution in [0.5, 0.6) is 11.5 Å².